The van der Waals surface area contributed by atoms with Crippen molar-refractivity contribution in [2.45, 2.75) is 18.8 Å². The molecule has 0 spiro atoms. The average molecular weight is 477 g/mol. The highest BCUT2D eigenvalue weighted by molar-refractivity contribution is 8.13. The highest BCUT2D eigenvalue weighted by atomic mass is 35.5. The van der Waals surface area contributed by atoms with Gasteiger partial charge in [-0.3, -0.25) is 15.1 Å². The number of amides is 1. The van der Waals surface area contributed by atoms with Gasteiger partial charge in [-0.05, 0) is 30.7 Å². The van der Waals surface area contributed by atoms with E-state index in [-0.39, 0.29) is 5.91 Å². The number of halogens is 1. The van der Waals surface area contributed by atoms with Crippen molar-refractivity contribution in [3.63, 3.8) is 0 Å². The van der Waals surface area contributed by atoms with Crippen LogP contribution in [0.5, 0.6) is 5.75 Å². The van der Waals surface area contributed by atoms with E-state index in [2.05, 4.69) is 5.32 Å². The van der Waals surface area contributed by atoms with E-state index in [1.165, 1.54) is 11.8 Å². The maximum absolute atomic E-state index is 13.3. The maximum Gasteiger partial charge on any atom is 0.276 e. The first-order chi connectivity index (χ1) is 16.2. The molecule has 2 aliphatic heterocycles. The lowest BCUT2D eigenvalue weighted by Gasteiger charge is -2.34. The van der Waals surface area contributed by atoms with Gasteiger partial charge in [0.2, 0.25) is 0 Å². The van der Waals surface area contributed by atoms with Crippen LogP contribution in [0.4, 0.5) is 0 Å². The molecular formula is C25H21ClN4O2S. The van der Waals surface area contributed by atoms with E-state index in [0.717, 1.165) is 27.5 Å². The highest BCUT2D eigenvalue weighted by Gasteiger charge is 2.35. The predicted octanol–water partition coefficient (Wildman–Crippen LogP) is 3.82. The SMILES string of the molecule is CCOc1ccccc1C1N=c2ccccc2=C2C(=O)NC(SCc3ccccc3Cl)=NN21. The summed E-state index contributed by atoms with van der Waals surface area (Å²) >= 11 is 7.73. The van der Waals surface area contributed by atoms with E-state index in [0.29, 0.717) is 28.2 Å². The molecule has 0 bridgehead atoms. The van der Waals surface area contributed by atoms with E-state index in [4.69, 9.17) is 26.4 Å². The van der Waals surface area contributed by atoms with Gasteiger partial charge in [-0.25, -0.2) is 5.01 Å². The topological polar surface area (TPSA) is 66.3 Å². The monoisotopic (exact) mass is 476 g/mol. The van der Waals surface area contributed by atoms with E-state index in [1.54, 1.807) is 5.01 Å². The number of hydrogen-bond acceptors (Lipinski definition) is 6. The molecule has 2 heterocycles. The fraction of sp³-hybridized carbons (Fsp3) is 0.160. The van der Waals surface area contributed by atoms with Crippen LogP contribution in [-0.2, 0) is 10.5 Å². The molecule has 8 heteroatoms. The molecule has 2 aliphatic rings. The second-order valence-corrected chi connectivity index (χ2v) is 8.79. The summed E-state index contributed by atoms with van der Waals surface area (Å²) in [6.45, 7) is 2.47. The van der Waals surface area contributed by atoms with Crippen molar-refractivity contribution in [1.29, 1.82) is 0 Å². The van der Waals surface area contributed by atoms with Crippen LogP contribution in [0, 0.1) is 0 Å². The second-order valence-electron chi connectivity index (χ2n) is 7.42. The molecule has 0 fully saturated rings. The minimum atomic E-state index is -0.528. The summed E-state index contributed by atoms with van der Waals surface area (Å²) < 4.78 is 5.87. The summed E-state index contributed by atoms with van der Waals surface area (Å²) in [7, 11) is 0. The Morgan fingerprint density at radius 3 is 2.67 bits per heavy atom. The number of carbonyl (C=O) groups excluding carboxylic acids is 1. The Bertz CT molecular complexity index is 1370. The molecule has 0 saturated heterocycles. The molecule has 3 aromatic rings. The zero-order valence-electron chi connectivity index (χ0n) is 17.9. The molecule has 33 heavy (non-hydrogen) atoms. The van der Waals surface area contributed by atoms with Gasteiger partial charge in [0.1, 0.15) is 11.4 Å². The number of fused-ring (bicyclic) bond motifs is 2. The van der Waals surface area contributed by atoms with Crippen LogP contribution in [0.25, 0.3) is 5.70 Å². The van der Waals surface area contributed by atoms with Crippen molar-refractivity contribution in [1.82, 2.24) is 10.3 Å². The van der Waals surface area contributed by atoms with Crippen molar-refractivity contribution in [3.05, 3.63) is 99.5 Å². The molecule has 166 valence electrons. The van der Waals surface area contributed by atoms with E-state index in [9.17, 15) is 4.79 Å². The van der Waals surface area contributed by atoms with Crippen LogP contribution in [0.3, 0.4) is 0 Å². The third-order valence-electron chi connectivity index (χ3n) is 5.33. The summed E-state index contributed by atoms with van der Waals surface area (Å²) in [5.74, 6) is 1.09. The zero-order chi connectivity index (χ0) is 22.8. The van der Waals surface area contributed by atoms with Crippen LogP contribution in [0.2, 0.25) is 5.02 Å². The van der Waals surface area contributed by atoms with Gasteiger partial charge in [0.05, 0.1) is 12.0 Å². The highest BCUT2D eigenvalue weighted by Crippen LogP contribution is 2.35. The number of amidine groups is 1. The normalized spacial score (nSPS) is 16.8. The van der Waals surface area contributed by atoms with Gasteiger partial charge < -0.3 is 4.74 Å². The summed E-state index contributed by atoms with van der Waals surface area (Å²) in [5.41, 5.74) is 2.29. The largest absolute Gasteiger partial charge is 0.493 e. The van der Waals surface area contributed by atoms with Crippen molar-refractivity contribution >= 4 is 40.1 Å². The number of rotatable bonds is 5. The maximum atomic E-state index is 13.3. The lowest BCUT2D eigenvalue weighted by atomic mass is 10.1. The average Bonchev–Trinajstić information content (AvgIpc) is 2.83. The number of thioether (sulfide) groups is 1. The van der Waals surface area contributed by atoms with Crippen molar-refractivity contribution in [2.24, 2.45) is 10.1 Å². The number of carbonyl (C=O) groups is 1. The molecule has 3 aromatic carbocycles. The zero-order valence-corrected chi connectivity index (χ0v) is 19.4. The number of para-hydroxylation sites is 2. The first kappa shape index (κ1) is 21.6. The molecule has 1 atom stereocenters. The molecule has 0 radical (unpaired) electrons. The lowest BCUT2D eigenvalue weighted by molar-refractivity contribution is -0.116. The Balaban J connectivity index is 1.58. The van der Waals surface area contributed by atoms with Crippen LogP contribution >= 0.6 is 23.4 Å². The summed E-state index contributed by atoms with van der Waals surface area (Å²) in [4.78, 5) is 18.2. The first-order valence-electron chi connectivity index (χ1n) is 10.6. The Kier molecular flexibility index (Phi) is 6.07. The van der Waals surface area contributed by atoms with Crippen LogP contribution in [-0.4, -0.2) is 22.7 Å². The van der Waals surface area contributed by atoms with Gasteiger partial charge in [0.15, 0.2) is 11.3 Å². The quantitative estimate of drug-likeness (QED) is 0.608. The Labute approximate surface area is 200 Å². The number of nitrogens with one attached hydrogen (secondary N) is 1. The van der Waals surface area contributed by atoms with Crippen LogP contribution < -0.4 is 20.6 Å². The fourth-order valence-corrected chi connectivity index (χ4v) is 4.97. The van der Waals surface area contributed by atoms with Crippen molar-refractivity contribution < 1.29 is 9.53 Å². The van der Waals surface area contributed by atoms with Crippen molar-refractivity contribution in [2.75, 3.05) is 6.61 Å². The minimum absolute atomic E-state index is 0.215. The molecule has 1 N–H and O–H groups in total. The van der Waals surface area contributed by atoms with E-state index >= 15 is 0 Å². The van der Waals surface area contributed by atoms with Gasteiger partial charge in [0.25, 0.3) is 5.91 Å². The van der Waals surface area contributed by atoms with Gasteiger partial charge in [-0.15, -0.1) is 5.10 Å². The number of hydrazone groups is 1. The van der Waals surface area contributed by atoms with E-state index < -0.39 is 6.17 Å². The summed E-state index contributed by atoms with van der Waals surface area (Å²) in [6, 6.07) is 23.0. The summed E-state index contributed by atoms with van der Waals surface area (Å²) in [6.07, 6.45) is -0.528. The van der Waals surface area contributed by atoms with Gasteiger partial charge in [0, 0.05) is 21.6 Å². The van der Waals surface area contributed by atoms with E-state index in [1.807, 2.05) is 79.7 Å². The third kappa shape index (κ3) is 4.21. The Hall–Kier alpha value is -3.29. The Morgan fingerprint density at radius 1 is 1.06 bits per heavy atom. The smallest absolute Gasteiger partial charge is 0.276 e. The van der Waals surface area contributed by atoms with Gasteiger partial charge in [-0.2, -0.15) is 0 Å². The Morgan fingerprint density at radius 2 is 1.82 bits per heavy atom. The number of hydrogen-bond donors (Lipinski definition) is 1. The molecule has 0 aromatic heterocycles. The third-order valence-corrected chi connectivity index (χ3v) is 6.62. The van der Waals surface area contributed by atoms with Gasteiger partial charge in [-0.1, -0.05) is 78.0 Å². The first-order valence-corrected chi connectivity index (χ1v) is 12.0. The molecule has 1 amide bonds. The summed E-state index contributed by atoms with van der Waals surface area (Å²) in [5, 5.41) is 12.1. The minimum Gasteiger partial charge on any atom is -0.493 e. The molecule has 0 aliphatic carbocycles. The fourth-order valence-electron chi connectivity index (χ4n) is 3.84. The molecular weight excluding hydrogens is 456 g/mol. The molecule has 0 saturated carbocycles. The van der Waals surface area contributed by atoms with Crippen LogP contribution in [0.15, 0.2) is 82.9 Å². The standard InChI is InChI=1S/C25H21ClN4O2S/c1-2-32-21-14-8-5-11-18(21)23-27-20-13-7-4-10-17(20)22-24(31)28-25(29-30(22)23)33-15-16-9-3-6-12-19(16)26/h3-14,23H,2,15H2,1H3,(H,28,29,31). The molecule has 5 rings (SSSR count). The predicted molar refractivity (Wildman–Crippen MR) is 131 cm³/mol. The number of nitrogens with zero attached hydrogens (tertiary/aromatic N) is 3. The molecule has 1 unspecified atom stereocenters. The number of ether oxygens (including phenoxy) is 1. The second kappa shape index (κ2) is 9.29. The van der Waals surface area contributed by atoms with Gasteiger partial charge >= 0.3 is 0 Å². The van der Waals surface area contributed by atoms with Crippen molar-refractivity contribution in [3.8, 4) is 5.75 Å². The molecule has 6 nitrogen and oxygen atoms in total. The van der Waals surface area contributed by atoms with Crippen LogP contribution in [0.1, 0.15) is 24.2 Å². The number of benzene rings is 3. The lowest BCUT2D eigenvalue weighted by Crippen LogP contribution is -2.50.